The molecule has 6 nitrogen and oxygen atoms in total. The molecule has 3 rings (SSSR count). The molecule has 0 saturated carbocycles. The van der Waals surface area contributed by atoms with Crippen LogP contribution in [0, 0.1) is 5.92 Å². The van der Waals surface area contributed by atoms with Crippen molar-refractivity contribution in [1.29, 1.82) is 0 Å². The zero-order valence-corrected chi connectivity index (χ0v) is 13.3. The smallest absolute Gasteiger partial charge is 0.346 e. The molecule has 120 valence electrons. The van der Waals surface area contributed by atoms with E-state index in [0.29, 0.717) is 12.0 Å². The number of esters is 2. The van der Waals surface area contributed by atoms with Crippen LogP contribution in [0.4, 0.5) is 0 Å². The van der Waals surface area contributed by atoms with E-state index < -0.39 is 22.1 Å². The quantitative estimate of drug-likeness (QED) is 0.526. The van der Waals surface area contributed by atoms with Crippen molar-refractivity contribution in [1.82, 2.24) is 0 Å². The highest BCUT2D eigenvalue weighted by atomic mass is 32.2. The van der Waals surface area contributed by atoms with E-state index in [0.717, 1.165) is 0 Å². The minimum absolute atomic E-state index is 0.118. The van der Waals surface area contributed by atoms with Crippen LogP contribution in [-0.2, 0) is 21.3 Å². The molecule has 1 aliphatic rings. The maximum absolute atomic E-state index is 12.2. The summed E-state index contributed by atoms with van der Waals surface area (Å²) in [5.74, 6) is -1.48. The van der Waals surface area contributed by atoms with E-state index in [1.165, 1.54) is 24.3 Å². The summed E-state index contributed by atoms with van der Waals surface area (Å²) in [6, 6.07) is 5.69. The van der Waals surface area contributed by atoms with Crippen molar-refractivity contribution in [2.45, 2.75) is 25.2 Å². The summed E-state index contributed by atoms with van der Waals surface area (Å²) in [5, 5.41) is 0.358. The molecule has 0 fully saturated rings. The Morgan fingerprint density at radius 1 is 1.17 bits per heavy atom. The van der Waals surface area contributed by atoms with E-state index in [9.17, 15) is 22.6 Å². The maximum Gasteiger partial charge on any atom is 0.346 e. The largest absolute Gasteiger partial charge is 0.386 e. The van der Waals surface area contributed by atoms with Crippen molar-refractivity contribution in [3.05, 3.63) is 41.0 Å². The van der Waals surface area contributed by atoms with Gasteiger partial charge in [0.25, 0.3) is 10.1 Å². The fourth-order valence-corrected chi connectivity index (χ4v) is 3.64. The number of cyclic esters (lactones) is 2. The molecular weight excluding hydrogens is 320 g/mol. The average Bonchev–Trinajstić information content (AvgIpc) is 2.42. The zero-order chi connectivity index (χ0) is 16.9. The molecule has 1 aliphatic heterocycles. The number of carbonyl (C=O) groups is 2. The van der Waals surface area contributed by atoms with Crippen LogP contribution in [0.1, 0.15) is 40.1 Å². The Kier molecular flexibility index (Phi) is 3.50. The third-order valence-corrected chi connectivity index (χ3v) is 4.62. The Labute approximate surface area is 132 Å². The number of ether oxygens (including phenoxy) is 1. The summed E-state index contributed by atoms with van der Waals surface area (Å²) in [6.45, 7) is 3.82. The molecule has 2 aromatic carbocycles. The van der Waals surface area contributed by atoms with E-state index in [1.807, 2.05) is 13.8 Å². The van der Waals surface area contributed by atoms with Gasteiger partial charge >= 0.3 is 11.9 Å². The van der Waals surface area contributed by atoms with Crippen LogP contribution in [0.3, 0.4) is 0 Å². The molecule has 1 N–H and O–H groups in total. The summed E-state index contributed by atoms with van der Waals surface area (Å²) in [5.41, 5.74) is 0.744. The predicted octanol–water partition coefficient (Wildman–Crippen LogP) is 2.60. The van der Waals surface area contributed by atoms with E-state index in [4.69, 9.17) is 4.74 Å². The Balaban J connectivity index is 2.53. The SMILES string of the molecule is CC(C)Cc1cc(S(=O)(=O)O)c2cccc3c2c1C(=O)OC3=O. The monoisotopic (exact) mass is 334 g/mol. The summed E-state index contributed by atoms with van der Waals surface area (Å²) < 4.78 is 37.7. The number of benzene rings is 2. The fraction of sp³-hybridized carbons (Fsp3) is 0.250. The first-order valence-electron chi connectivity index (χ1n) is 7.02. The normalized spacial score (nSPS) is 14.4. The Morgan fingerprint density at radius 3 is 2.48 bits per heavy atom. The predicted molar refractivity (Wildman–Crippen MR) is 82.1 cm³/mol. The minimum atomic E-state index is -4.50. The van der Waals surface area contributed by atoms with Gasteiger partial charge in [0, 0.05) is 10.8 Å². The molecule has 0 radical (unpaired) electrons. The van der Waals surface area contributed by atoms with Gasteiger partial charge in [-0.1, -0.05) is 26.0 Å². The second kappa shape index (κ2) is 5.14. The van der Waals surface area contributed by atoms with Crippen LogP contribution in [-0.4, -0.2) is 24.9 Å². The van der Waals surface area contributed by atoms with Gasteiger partial charge in [-0.05, 0) is 30.0 Å². The second-order valence-corrected chi connectivity index (χ2v) is 7.28. The number of carbonyl (C=O) groups excluding carboxylic acids is 2. The summed E-state index contributed by atoms with van der Waals surface area (Å²) >= 11 is 0. The molecule has 0 amide bonds. The number of rotatable bonds is 3. The van der Waals surface area contributed by atoms with Crippen LogP contribution in [0.5, 0.6) is 0 Å². The molecule has 0 atom stereocenters. The second-order valence-electron chi connectivity index (χ2n) is 5.89. The standard InChI is InChI=1S/C16H14O6S/c1-8(2)6-9-7-12(23(19,20)21)10-4-3-5-11-14(10)13(9)16(18)22-15(11)17/h3-5,7-8H,6H2,1-2H3,(H,19,20,21). The molecule has 2 aromatic rings. The van der Waals surface area contributed by atoms with Gasteiger partial charge in [0.15, 0.2) is 0 Å². The molecule has 0 saturated heterocycles. The Bertz CT molecular complexity index is 956. The first-order chi connectivity index (χ1) is 10.7. The zero-order valence-electron chi connectivity index (χ0n) is 12.5. The van der Waals surface area contributed by atoms with Gasteiger partial charge in [-0.15, -0.1) is 0 Å². The third-order valence-electron chi connectivity index (χ3n) is 3.72. The van der Waals surface area contributed by atoms with Crippen molar-refractivity contribution in [3.8, 4) is 0 Å². The lowest BCUT2D eigenvalue weighted by Crippen LogP contribution is -2.22. The minimum Gasteiger partial charge on any atom is -0.386 e. The van der Waals surface area contributed by atoms with Gasteiger partial charge in [0.2, 0.25) is 0 Å². The molecule has 0 unspecified atom stereocenters. The lowest BCUT2D eigenvalue weighted by atomic mass is 9.90. The maximum atomic E-state index is 12.2. The highest BCUT2D eigenvalue weighted by molar-refractivity contribution is 7.86. The average molecular weight is 334 g/mol. The van der Waals surface area contributed by atoms with Crippen LogP contribution in [0.15, 0.2) is 29.2 Å². The molecule has 0 aliphatic carbocycles. The van der Waals surface area contributed by atoms with Gasteiger partial charge in [-0.2, -0.15) is 8.42 Å². The highest BCUT2D eigenvalue weighted by Gasteiger charge is 2.32. The van der Waals surface area contributed by atoms with Crippen LogP contribution in [0.2, 0.25) is 0 Å². The first kappa shape index (κ1) is 15.6. The molecule has 0 bridgehead atoms. The summed E-state index contributed by atoms with van der Waals surface area (Å²) in [6.07, 6.45) is 0.408. The van der Waals surface area contributed by atoms with Crippen molar-refractivity contribution in [3.63, 3.8) is 0 Å². The molecule has 1 heterocycles. The van der Waals surface area contributed by atoms with Gasteiger partial charge in [-0.25, -0.2) is 9.59 Å². The van der Waals surface area contributed by atoms with Gasteiger partial charge in [0.05, 0.1) is 11.1 Å². The van der Waals surface area contributed by atoms with Crippen molar-refractivity contribution < 1.29 is 27.3 Å². The van der Waals surface area contributed by atoms with Gasteiger partial charge < -0.3 is 4.74 Å². The van der Waals surface area contributed by atoms with Gasteiger partial charge in [0.1, 0.15) is 4.90 Å². The van der Waals surface area contributed by atoms with Gasteiger partial charge in [-0.3, -0.25) is 4.55 Å². The van der Waals surface area contributed by atoms with E-state index >= 15 is 0 Å². The fourth-order valence-electron chi connectivity index (χ4n) is 2.90. The van der Waals surface area contributed by atoms with Crippen LogP contribution in [0.25, 0.3) is 10.8 Å². The molecule has 7 heteroatoms. The number of hydrogen-bond acceptors (Lipinski definition) is 5. The molecule has 0 spiro atoms. The van der Waals surface area contributed by atoms with Crippen molar-refractivity contribution in [2.75, 3.05) is 0 Å². The van der Waals surface area contributed by atoms with Crippen molar-refractivity contribution >= 4 is 32.8 Å². The molecule has 0 aromatic heterocycles. The topological polar surface area (TPSA) is 97.7 Å². The lowest BCUT2D eigenvalue weighted by Gasteiger charge is -2.20. The third kappa shape index (κ3) is 2.51. The summed E-state index contributed by atoms with van der Waals surface area (Å²) in [4.78, 5) is 23.8. The first-order valence-corrected chi connectivity index (χ1v) is 8.46. The van der Waals surface area contributed by atoms with E-state index in [-0.39, 0.29) is 32.7 Å². The van der Waals surface area contributed by atoms with Crippen LogP contribution >= 0.6 is 0 Å². The Hall–Kier alpha value is -2.25. The molecule has 23 heavy (non-hydrogen) atoms. The van der Waals surface area contributed by atoms with E-state index in [2.05, 4.69) is 0 Å². The highest BCUT2D eigenvalue weighted by Crippen LogP contribution is 2.36. The van der Waals surface area contributed by atoms with E-state index in [1.54, 1.807) is 0 Å². The van der Waals surface area contributed by atoms with Crippen LogP contribution < -0.4 is 0 Å². The Morgan fingerprint density at radius 2 is 1.87 bits per heavy atom. The summed E-state index contributed by atoms with van der Waals surface area (Å²) in [7, 11) is -4.50. The number of hydrogen-bond donors (Lipinski definition) is 1. The van der Waals surface area contributed by atoms with Crippen molar-refractivity contribution in [2.24, 2.45) is 5.92 Å². The lowest BCUT2D eigenvalue weighted by molar-refractivity contribution is 0.0390. The molecular formula is C16H14O6S.